The highest BCUT2D eigenvalue weighted by Crippen LogP contribution is 2.36. The van der Waals surface area contributed by atoms with E-state index in [2.05, 4.69) is 15.7 Å². The monoisotopic (exact) mass is 588 g/mol. The zero-order chi connectivity index (χ0) is 28.0. The lowest BCUT2D eigenvalue weighted by Crippen LogP contribution is -2.51. The van der Waals surface area contributed by atoms with Crippen molar-refractivity contribution in [2.45, 2.75) is 50.2 Å². The van der Waals surface area contributed by atoms with Crippen molar-refractivity contribution in [2.24, 2.45) is 0 Å². The van der Waals surface area contributed by atoms with Crippen LogP contribution in [0.5, 0.6) is 0 Å². The first kappa shape index (κ1) is 27.3. The van der Waals surface area contributed by atoms with Gasteiger partial charge in [-0.15, -0.1) is 0 Å². The van der Waals surface area contributed by atoms with Crippen LogP contribution >= 0.6 is 11.6 Å². The van der Waals surface area contributed by atoms with Gasteiger partial charge in [0.25, 0.3) is 5.91 Å². The highest BCUT2D eigenvalue weighted by Gasteiger charge is 2.34. The van der Waals surface area contributed by atoms with Gasteiger partial charge >= 0.3 is 0 Å². The van der Waals surface area contributed by atoms with E-state index in [0.717, 1.165) is 55.6 Å². The first-order chi connectivity index (χ1) is 19.2. The van der Waals surface area contributed by atoms with Crippen molar-refractivity contribution in [1.82, 2.24) is 19.5 Å². The van der Waals surface area contributed by atoms with Crippen LogP contribution in [0.25, 0.3) is 5.65 Å². The van der Waals surface area contributed by atoms with E-state index in [1.165, 1.54) is 12.1 Å². The Labute approximate surface area is 238 Å². The number of amides is 1. The number of carbonyl (C=O) groups is 1. The molecule has 3 aliphatic rings. The predicted octanol–water partition coefficient (Wildman–Crippen LogP) is 3.20. The van der Waals surface area contributed by atoms with Crippen LogP contribution in [0.15, 0.2) is 30.3 Å². The molecule has 2 aromatic heterocycles. The van der Waals surface area contributed by atoms with Crippen LogP contribution in [0.1, 0.15) is 65.8 Å². The SMILES string of the molecule is CS(=O)(=O)Nc1ccc(Cl)cc1C(=O)N1CCCC[C@H]1c1cc2nc(N3CC(O)C3)cc(C3CCOCC3)n2n1. The summed E-state index contributed by atoms with van der Waals surface area (Å²) >= 11 is 6.23. The molecule has 3 fully saturated rings. The summed E-state index contributed by atoms with van der Waals surface area (Å²) < 4.78 is 33.9. The summed E-state index contributed by atoms with van der Waals surface area (Å²) in [7, 11) is -3.60. The number of halogens is 1. The lowest BCUT2D eigenvalue weighted by atomic mass is 9.96. The predicted molar refractivity (Wildman–Crippen MR) is 152 cm³/mol. The number of aliphatic hydroxyl groups excluding tert-OH is 1. The first-order valence-corrected chi connectivity index (χ1v) is 15.9. The van der Waals surface area contributed by atoms with Gasteiger partial charge < -0.3 is 19.6 Å². The molecule has 0 radical (unpaired) electrons. The van der Waals surface area contributed by atoms with Crippen LogP contribution in [0.2, 0.25) is 5.02 Å². The van der Waals surface area contributed by atoms with E-state index in [9.17, 15) is 18.3 Å². The second-order valence-corrected chi connectivity index (χ2v) is 13.1. The Hall–Kier alpha value is -2.93. The molecule has 3 aromatic rings. The van der Waals surface area contributed by atoms with Crippen LogP contribution in [0.3, 0.4) is 0 Å². The number of fused-ring (bicyclic) bond motifs is 1. The summed E-state index contributed by atoms with van der Waals surface area (Å²) in [4.78, 5) is 22.6. The standard InChI is InChI=1S/C27H33ClN6O5S/c1-40(37,38)31-21-6-5-18(28)12-20(21)27(36)33-9-3-2-4-23(33)22-13-26-29-25(32-15-19(35)16-32)14-24(34(26)30-22)17-7-10-39-11-8-17/h5-6,12-14,17,19,23,31,35H,2-4,7-11,15-16H2,1H3/t23-/m0/s1. The number of likely N-dealkylation sites (tertiary alicyclic amines) is 1. The van der Waals surface area contributed by atoms with Gasteiger partial charge in [-0.3, -0.25) is 9.52 Å². The number of benzene rings is 1. The maximum Gasteiger partial charge on any atom is 0.256 e. The molecular weight excluding hydrogens is 556 g/mol. The van der Waals surface area contributed by atoms with E-state index < -0.39 is 10.0 Å². The maximum absolute atomic E-state index is 13.9. The molecular formula is C27H33ClN6O5S. The van der Waals surface area contributed by atoms with Crippen LogP contribution in [0.4, 0.5) is 11.5 Å². The van der Waals surface area contributed by atoms with Gasteiger partial charge in [0.2, 0.25) is 10.0 Å². The molecule has 214 valence electrons. The summed E-state index contributed by atoms with van der Waals surface area (Å²) in [6.07, 6.45) is 4.96. The van der Waals surface area contributed by atoms with E-state index in [1.807, 2.05) is 10.6 Å². The smallest absolute Gasteiger partial charge is 0.256 e. The molecule has 0 unspecified atom stereocenters. The Morgan fingerprint density at radius 2 is 1.90 bits per heavy atom. The van der Waals surface area contributed by atoms with Crippen molar-refractivity contribution in [3.63, 3.8) is 0 Å². The summed E-state index contributed by atoms with van der Waals surface area (Å²) in [6, 6.07) is 8.30. The second-order valence-electron chi connectivity index (χ2n) is 10.9. The van der Waals surface area contributed by atoms with Gasteiger partial charge in [0, 0.05) is 55.9 Å². The number of nitrogens with zero attached hydrogens (tertiary/aromatic N) is 5. The number of β-amino-alcohol motifs (C(OH)–C–C–N with tert-alkyl or cyclic N) is 1. The molecule has 3 saturated heterocycles. The Morgan fingerprint density at radius 1 is 1.12 bits per heavy atom. The number of piperidine rings is 1. The number of carbonyl (C=O) groups excluding carboxylic acids is 1. The van der Waals surface area contributed by atoms with Gasteiger partial charge in [0.1, 0.15) is 5.82 Å². The van der Waals surface area contributed by atoms with Gasteiger partial charge in [-0.2, -0.15) is 5.10 Å². The molecule has 0 aliphatic carbocycles. The van der Waals surface area contributed by atoms with Crippen LogP contribution in [-0.2, 0) is 14.8 Å². The zero-order valence-corrected chi connectivity index (χ0v) is 23.9. The minimum Gasteiger partial charge on any atom is -0.389 e. The molecule has 0 spiro atoms. The normalized spacial score (nSPS) is 21.0. The number of rotatable bonds is 6. The summed E-state index contributed by atoms with van der Waals surface area (Å²) in [6.45, 7) is 2.99. The third kappa shape index (κ3) is 5.50. The van der Waals surface area contributed by atoms with E-state index in [4.69, 9.17) is 26.4 Å². The van der Waals surface area contributed by atoms with Crippen molar-refractivity contribution in [3.8, 4) is 0 Å². The molecule has 6 rings (SSSR count). The Balaban J connectivity index is 1.38. The van der Waals surface area contributed by atoms with Gasteiger partial charge in [0.15, 0.2) is 5.65 Å². The fraction of sp³-hybridized carbons (Fsp3) is 0.519. The molecule has 40 heavy (non-hydrogen) atoms. The number of aromatic nitrogens is 3. The first-order valence-electron chi connectivity index (χ1n) is 13.7. The fourth-order valence-electron chi connectivity index (χ4n) is 5.87. The van der Waals surface area contributed by atoms with Crippen molar-refractivity contribution >= 4 is 44.7 Å². The maximum atomic E-state index is 13.9. The molecule has 1 amide bonds. The zero-order valence-electron chi connectivity index (χ0n) is 22.3. The van der Waals surface area contributed by atoms with Crippen LogP contribution in [-0.4, -0.2) is 84.1 Å². The highest BCUT2D eigenvalue weighted by atomic mass is 35.5. The Kier molecular flexibility index (Phi) is 7.36. The van der Waals surface area contributed by atoms with E-state index >= 15 is 0 Å². The Morgan fingerprint density at radius 3 is 2.62 bits per heavy atom. The van der Waals surface area contributed by atoms with Crippen LogP contribution < -0.4 is 9.62 Å². The molecule has 5 heterocycles. The number of hydrogen-bond acceptors (Lipinski definition) is 8. The summed E-state index contributed by atoms with van der Waals surface area (Å²) in [5.41, 5.74) is 2.90. The molecule has 11 nitrogen and oxygen atoms in total. The molecule has 0 saturated carbocycles. The number of nitrogens with one attached hydrogen (secondary N) is 1. The minimum absolute atomic E-state index is 0.195. The fourth-order valence-corrected chi connectivity index (χ4v) is 6.62. The lowest BCUT2D eigenvalue weighted by molar-refractivity contribution is 0.0606. The number of anilines is 2. The van der Waals surface area contributed by atoms with Crippen molar-refractivity contribution in [2.75, 3.05) is 48.7 Å². The molecule has 0 bridgehead atoms. The summed E-state index contributed by atoms with van der Waals surface area (Å²) in [5.74, 6) is 0.776. The second kappa shape index (κ2) is 10.8. The number of aliphatic hydroxyl groups is 1. The van der Waals surface area contributed by atoms with E-state index in [-0.39, 0.29) is 35.2 Å². The number of ether oxygens (including phenoxy) is 1. The topological polar surface area (TPSA) is 129 Å². The van der Waals surface area contributed by atoms with Crippen molar-refractivity contribution < 1.29 is 23.1 Å². The van der Waals surface area contributed by atoms with E-state index in [0.29, 0.717) is 43.5 Å². The largest absolute Gasteiger partial charge is 0.389 e. The summed E-state index contributed by atoms with van der Waals surface area (Å²) in [5, 5.41) is 15.2. The minimum atomic E-state index is -3.60. The average molecular weight is 589 g/mol. The van der Waals surface area contributed by atoms with E-state index in [1.54, 1.807) is 11.0 Å². The third-order valence-corrected chi connectivity index (χ3v) is 8.72. The Bertz CT molecular complexity index is 1530. The average Bonchev–Trinajstić information content (AvgIpc) is 3.35. The van der Waals surface area contributed by atoms with Crippen LogP contribution in [0, 0.1) is 0 Å². The molecule has 2 N–H and O–H groups in total. The van der Waals surface area contributed by atoms with Gasteiger partial charge in [-0.1, -0.05) is 11.6 Å². The van der Waals surface area contributed by atoms with Gasteiger partial charge in [-0.05, 0) is 50.3 Å². The number of sulfonamides is 1. The molecule has 13 heteroatoms. The third-order valence-electron chi connectivity index (χ3n) is 7.90. The quantitative estimate of drug-likeness (QED) is 0.449. The van der Waals surface area contributed by atoms with Crippen molar-refractivity contribution in [3.05, 3.63) is 52.3 Å². The van der Waals surface area contributed by atoms with Gasteiger partial charge in [-0.25, -0.2) is 17.9 Å². The number of hydrogen-bond donors (Lipinski definition) is 2. The van der Waals surface area contributed by atoms with Crippen molar-refractivity contribution in [1.29, 1.82) is 0 Å². The molecule has 1 aromatic carbocycles. The molecule has 3 aliphatic heterocycles. The molecule has 1 atom stereocenters. The lowest BCUT2D eigenvalue weighted by Gasteiger charge is -2.37. The van der Waals surface area contributed by atoms with Gasteiger partial charge in [0.05, 0.1) is 41.0 Å². The highest BCUT2D eigenvalue weighted by molar-refractivity contribution is 7.92.